The Morgan fingerprint density at radius 1 is 1.57 bits per heavy atom. The maximum Gasteiger partial charge on any atom is 0.330 e. The predicted octanol–water partition coefficient (Wildman–Crippen LogP) is -2.09. The molecule has 0 aliphatic carbocycles. The quantitative estimate of drug-likeness (QED) is 0.464. The summed E-state index contributed by atoms with van der Waals surface area (Å²) in [5.74, 6) is 4.88. The van der Waals surface area contributed by atoms with Gasteiger partial charge in [0, 0.05) is 12.6 Å². The molecule has 21 heavy (non-hydrogen) atoms. The molecule has 0 amide bonds. The van der Waals surface area contributed by atoms with Crippen LogP contribution >= 0.6 is 0 Å². The molecule has 1 saturated heterocycles. The molecule has 1 aromatic heterocycles. The standard InChI is InChI=1S/C13H16N2O6/c1-7(17)2-3-8-5-15(13(20)14-12(8)19)11-4-9(18)10(6-16)21-11/h5,7,9-11,16-18H,4,6H2,1H3,(H,14,19,20)/t7?,9-,10+,11+/m0/s1. The van der Waals surface area contributed by atoms with E-state index in [1.54, 1.807) is 0 Å². The highest BCUT2D eigenvalue weighted by Crippen LogP contribution is 2.27. The second-order valence-corrected chi connectivity index (χ2v) is 4.77. The number of hydrogen-bond acceptors (Lipinski definition) is 6. The summed E-state index contributed by atoms with van der Waals surface area (Å²) in [5, 5.41) is 27.8. The van der Waals surface area contributed by atoms with Crippen LogP contribution in [0.4, 0.5) is 0 Å². The van der Waals surface area contributed by atoms with E-state index >= 15 is 0 Å². The summed E-state index contributed by atoms with van der Waals surface area (Å²) in [6.45, 7) is 1.07. The van der Waals surface area contributed by atoms with Crippen molar-refractivity contribution in [3.05, 3.63) is 32.6 Å². The van der Waals surface area contributed by atoms with E-state index in [0.717, 1.165) is 4.57 Å². The van der Waals surface area contributed by atoms with Gasteiger partial charge in [0.05, 0.1) is 12.7 Å². The molecule has 2 rings (SSSR count). The number of ether oxygens (including phenoxy) is 1. The van der Waals surface area contributed by atoms with Crippen LogP contribution in [-0.2, 0) is 4.74 Å². The fourth-order valence-electron chi connectivity index (χ4n) is 2.02. The molecule has 4 N–H and O–H groups in total. The van der Waals surface area contributed by atoms with Gasteiger partial charge in [0.1, 0.15) is 24.0 Å². The van der Waals surface area contributed by atoms with Crippen LogP contribution in [-0.4, -0.2) is 49.8 Å². The molecule has 114 valence electrons. The van der Waals surface area contributed by atoms with Crippen molar-refractivity contribution in [2.24, 2.45) is 0 Å². The number of nitrogens with one attached hydrogen (secondary N) is 1. The van der Waals surface area contributed by atoms with Gasteiger partial charge in [-0.25, -0.2) is 4.79 Å². The summed E-state index contributed by atoms with van der Waals surface area (Å²) in [6.07, 6.45) is -2.05. The first-order valence-electron chi connectivity index (χ1n) is 6.42. The molecule has 8 nitrogen and oxygen atoms in total. The van der Waals surface area contributed by atoms with Crippen LogP contribution in [0.15, 0.2) is 15.8 Å². The van der Waals surface area contributed by atoms with E-state index in [2.05, 4.69) is 16.8 Å². The summed E-state index contributed by atoms with van der Waals surface area (Å²) in [4.78, 5) is 25.5. The molecule has 1 aliphatic heterocycles. The third kappa shape index (κ3) is 3.40. The largest absolute Gasteiger partial charge is 0.394 e. The van der Waals surface area contributed by atoms with Gasteiger partial charge in [-0.05, 0) is 6.92 Å². The Morgan fingerprint density at radius 2 is 2.29 bits per heavy atom. The minimum atomic E-state index is -0.909. The monoisotopic (exact) mass is 296 g/mol. The Bertz CT molecular complexity index is 680. The molecule has 1 unspecified atom stereocenters. The van der Waals surface area contributed by atoms with E-state index in [9.17, 15) is 14.7 Å². The molecule has 0 saturated carbocycles. The van der Waals surface area contributed by atoms with Gasteiger partial charge in [-0.3, -0.25) is 14.3 Å². The number of aromatic nitrogens is 2. The molecule has 0 aromatic carbocycles. The van der Waals surface area contributed by atoms with Crippen LogP contribution in [0, 0.1) is 11.8 Å². The number of rotatable bonds is 2. The number of aromatic amines is 1. The lowest BCUT2D eigenvalue weighted by Gasteiger charge is -2.14. The fraction of sp³-hybridized carbons (Fsp3) is 0.538. The molecule has 8 heteroatoms. The normalized spacial score (nSPS) is 26.2. The number of H-pyrrole nitrogens is 1. The molecule has 4 atom stereocenters. The molecule has 1 aliphatic rings. The highest BCUT2D eigenvalue weighted by molar-refractivity contribution is 5.30. The maximum atomic E-state index is 11.8. The van der Waals surface area contributed by atoms with Crippen LogP contribution in [0.3, 0.4) is 0 Å². The van der Waals surface area contributed by atoms with E-state index in [4.69, 9.17) is 14.9 Å². The Labute approximate surface area is 119 Å². The number of aliphatic hydroxyl groups excluding tert-OH is 3. The molecule has 2 heterocycles. The van der Waals surface area contributed by atoms with Crippen molar-refractivity contribution in [1.82, 2.24) is 9.55 Å². The van der Waals surface area contributed by atoms with Crippen molar-refractivity contribution in [2.45, 2.75) is 37.9 Å². The van der Waals surface area contributed by atoms with Gasteiger partial charge in [0.15, 0.2) is 0 Å². The van der Waals surface area contributed by atoms with E-state index in [1.807, 2.05) is 0 Å². The summed E-state index contributed by atoms with van der Waals surface area (Å²) in [6, 6.07) is 0. The topological polar surface area (TPSA) is 125 Å². The van der Waals surface area contributed by atoms with Crippen molar-refractivity contribution in [3.8, 4) is 11.8 Å². The lowest BCUT2D eigenvalue weighted by Crippen LogP contribution is -2.33. The summed E-state index contributed by atoms with van der Waals surface area (Å²) < 4.78 is 6.46. The molecule has 1 aromatic rings. The summed E-state index contributed by atoms with van der Waals surface area (Å²) in [7, 11) is 0. The van der Waals surface area contributed by atoms with Crippen LogP contribution in [0.2, 0.25) is 0 Å². The molecule has 0 spiro atoms. The molecule has 0 bridgehead atoms. The zero-order valence-electron chi connectivity index (χ0n) is 11.3. The van der Waals surface area contributed by atoms with Gasteiger partial charge in [0.25, 0.3) is 5.56 Å². The SMILES string of the molecule is CC(O)C#Cc1cn([C@H]2C[C@H](O)[C@@H](CO)O2)c(=O)[nH]c1=O. The van der Waals surface area contributed by atoms with Crippen molar-refractivity contribution in [2.75, 3.05) is 6.61 Å². The van der Waals surface area contributed by atoms with Crippen molar-refractivity contribution < 1.29 is 20.1 Å². The van der Waals surface area contributed by atoms with Crippen molar-refractivity contribution in [1.29, 1.82) is 0 Å². The smallest absolute Gasteiger partial charge is 0.330 e. The van der Waals surface area contributed by atoms with Gasteiger partial charge in [0.2, 0.25) is 0 Å². The Morgan fingerprint density at radius 3 is 2.86 bits per heavy atom. The minimum Gasteiger partial charge on any atom is -0.394 e. The second-order valence-electron chi connectivity index (χ2n) is 4.77. The van der Waals surface area contributed by atoms with E-state index < -0.39 is 35.8 Å². The van der Waals surface area contributed by atoms with Crippen LogP contribution < -0.4 is 11.2 Å². The lowest BCUT2D eigenvalue weighted by atomic mass is 10.2. The second kappa shape index (κ2) is 6.24. The Balaban J connectivity index is 2.38. The molecular formula is C13H16N2O6. The van der Waals surface area contributed by atoms with Gasteiger partial charge in [-0.2, -0.15) is 0 Å². The first-order chi connectivity index (χ1) is 9.92. The van der Waals surface area contributed by atoms with Crippen LogP contribution in [0.1, 0.15) is 25.1 Å². The number of nitrogens with zero attached hydrogens (tertiary/aromatic N) is 1. The van der Waals surface area contributed by atoms with Gasteiger partial charge in [-0.15, -0.1) is 0 Å². The molecule has 1 fully saturated rings. The number of aliphatic hydroxyl groups is 3. The lowest BCUT2D eigenvalue weighted by molar-refractivity contribution is -0.0459. The summed E-state index contributed by atoms with van der Waals surface area (Å²) >= 11 is 0. The Hall–Kier alpha value is -1.92. The van der Waals surface area contributed by atoms with Gasteiger partial charge in [-0.1, -0.05) is 11.8 Å². The maximum absolute atomic E-state index is 11.8. The highest BCUT2D eigenvalue weighted by Gasteiger charge is 2.35. The highest BCUT2D eigenvalue weighted by atomic mass is 16.5. The van der Waals surface area contributed by atoms with E-state index in [1.165, 1.54) is 13.1 Å². The van der Waals surface area contributed by atoms with Gasteiger partial charge >= 0.3 is 5.69 Å². The third-order valence-corrected chi connectivity index (χ3v) is 3.08. The third-order valence-electron chi connectivity index (χ3n) is 3.08. The van der Waals surface area contributed by atoms with E-state index in [-0.39, 0.29) is 18.6 Å². The zero-order valence-corrected chi connectivity index (χ0v) is 11.3. The average Bonchev–Trinajstić information content (AvgIpc) is 2.78. The van der Waals surface area contributed by atoms with Crippen molar-refractivity contribution >= 4 is 0 Å². The average molecular weight is 296 g/mol. The Kier molecular flexibility index (Phi) is 4.59. The zero-order chi connectivity index (χ0) is 15.6. The van der Waals surface area contributed by atoms with Gasteiger partial charge < -0.3 is 20.1 Å². The molecular weight excluding hydrogens is 280 g/mol. The summed E-state index contributed by atoms with van der Waals surface area (Å²) in [5.41, 5.74) is -1.36. The first-order valence-corrected chi connectivity index (χ1v) is 6.42. The van der Waals surface area contributed by atoms with Crippen molar-refractivity contribution in [3.63, 3.8) is 0 Å². The van der Waals surface area contributed by atoms with E-state index in [0.29, 0.717) is 0 Å². The molecule has 0 radical (unpaired) electrons. The van der Waals surface area contributed by atoms with Crippen LogP contribution in [0.25, 0.3) is 0 Å². The first kappa shape index (κ1) is 15.5. The van der Waals surface area contributed by atoms with Crippen LogP contribution in [0.5, 0.6) is 0 Å². The fourth-order valence-corrected chi connectivity index (χ4v) is 2.02. The minimum absolute atomic E-state index is 0.000961. The number of hydrogen-bond donors (Lipinski definition) is 4. The predicted molar refractivity (Wildman–Crippen MR) is 71.5 cm³/mol.